The van der Waals surface area contributed by atoms with Crippen LogP contribution in [0.1, 0.15) is 0 Å². The van der Waals surface area contributed by atoms with Crippen molar-refractivity contribution < 1.29 is 8.83 Å². The summed E-state index contributed by atoms with van der Waals surface area (Å²) < 4.78 is 13.3. The van der Waals surface area contributed by atoms with E-state index in [9.17, 15) is 0 Å². The third-order valence-corrected chi connectivity index (χ3v) is 10.4. The molecule has 0 aliphatic rings. The molecule has 0 amide bonds. The molecule has 0 spiro atoms. The zero-order valence-electron chi connectivity index (χ0n) is 27.5. The third kappa shape index (κ3) is 4.19. The minimum atomic E-state index is 0.752. The molecule has 2 aromatic heterocycles. The second-order valence-electron chi connectivity index (χ2n) is 13.2. The standard InChI is InChI=1S/C48H29NO2/c1-3-15-34-30(12-1)14-11-21-35(34)31-24-26-33(27-25-31)49(42-28-32-13-2-4-16-36(32)37-17-5-6-18-38(37)42)43-29-41-39-19-7-9-22-44(39)50-47(41)48-46(43)40-20-8-10-23-45(40)51-48/h1-29H. The number of anilines is 3. The molecular weight excluding hydrogens is 623 g/mol. The van der Waals surface area contributed by atoms with Crippen LogP contribution in [0.2, 0.25) is 0 Å². The lowest BCUT2D eigenvalue weighted by Crippen LogP contribution is -2.11. The van der Waals surface area contributed by atoms with Crippen LogP contribution in [0.25, 0.3) is 87.3 Å². The summed E-state index contributed by atoms with van der Waals surface area (Å²) in [5, 5.41) is 11.4. The van der Waals surface area contributed by atoms with Gasteiger partial charge in [-0.15, -0.1) is 0 Å². The molecule has 11 rings (SSSR count). The second-order valence-corrected chi connectivity index (χ2v) is 13.2. The highest BCUT2D eigenvalue weighted by atomic mass is 16.4. The van der Waals surface area contributed by atoms with Crippen LogP contribution < -0.4 is 4.90 Å². The second kappa shape index (κ2) is 10.8. The number of benzene rings is 9. The van der Waals surface area contributed by atoms with Crippen LogP contribution in [-0.2, 0) is 0 Å². The Morgan fingerprint density at radius 1 is 0.353 bits per heavy atom. The highest BCUT2D eigenvalue weighted by Crippen LogP contribution is 2.50. The molecule has 51 heavy (non-hydrogen) atoms. The summed E-state index contributed by atoms with van der Waals surface area (Å²) in [4.78, 5) is 2.42. The molecule has 3 nitrogen and oxygen atoms in total. The van der Waals surface area contributed by atoms with Gasteiger partial charge >= 0.3 is 0 Å². The molecule has 2 heterocycles. The Morgan fingerprint density at radius 2 is 0.941 bits per heavy atom. The van der Waals surface area contributed by atoms with E-state index in [2.05, 4.69) is 157 Å². The van der Waals surface area contributed by atoms with Gasteiger partial charge in [-0.1, -0.05) is 140 Å². The first-order valence-electron chi connectivity index (χ1n) is 17.3. The highest BCUT2D eigenvalue weighted by molar-refractivity contribution is 6.25. The molecule has 0 aliphatic heterocycles. The van der Waals surface area contributed by atoms with Gasteiger partial charge in [-0.3, -0.25) is 0 Å². The Kier molecular flexibility index (Phi) is 5.96. The van der Waals surface area contributed by atoms with E-state index in [4.69, 9.17) is 8.83 Å². The number of hydrogen-bond donors (Lipinski definition) is 0. The quantitative estimate of drug-likeness (QED) is 0.177. The molecule has 0 unspecified atom stereocenters. The molecule has 0 fully saturated rings. The van der Waals surface area contributed by atoms with E-state index in [1.807, 2.05) is 24.3 Å². The summed E-state index contributed by atoms with van der Waals surface area (Å²) in [6, 6.07) is 62.8. The van der Waals surface area contributed by atoms with Crippen LogP contribution in [0.3, 0.4) is 0 Å². The van der Waals surface area contributed by atoms with Crippen molar-refractivity contribution in [1.29, 1.82) is 0 Å². The number of hydrogen-bond acceptors (Lipinski definition) is 3. The van der Waals surface area contributed by atoms with E-state index in [-0.39, 0.29) is 0 Å². The fourth-order valence-corrected chi connectivity index (χ4v) is 8.12. The van der Waals surface area contributed by atoms with Crippen LogP contribution in [0.15, 0.2) is 185 Å². The van der Waals surface area contributed by atoms with Crippen molar-refractivity contribution in [3.63, 3.8) is 0 Å². The van der Waals surface area contributed by atoms with Gasteiger partial charge in [0.15, 0.2) is 11.2 Å². The fraction of sp³-hybridized carbons (Fsp3) is 0. The predicted octanol–water partition coefficient (Wildman–Crippen LogP) is 14.1. The van der Waals surface area contributed by atoms with Gasteiger partial charge in [0.25, 0.3) is 0 Å². The van der Waals surface area contributed by atoms with Crippen LogP contribution in [0, 0.1) is 0 Å². The van der Waals surface area contributed by atoms with Crippen molar-refractivity contribution in [1.82, 2.24) is 0 Å². The lowest BCUT2D eigenvalue weighted by atomic mass is 9.96. The number of furan rings is 2. The van der Waals surface area contributed by atoms with Crippen molar-refractivity contribution >= 4 is 93.3 Å². The Hall–Kier alpha value is -6.84. The summed E-state index contributed by atoms with van der Waals surface area (Å²) in [5.74, 6) is 0. The maximum atomic E-state index is 6.71. The minimum Gasteiger partial charge on any atom is -0.452 e. The Morgan fingerprint density at radius 3 is 1.75 bits per heavy atom. The minimum absolute atomic E-state index is 0.752. The SMILES string of the molecule is c1ccc2c(-c3ccc(N(c4cc5ccccc5c5ccccc45)c4cc5c6ccccc6oc5c5oc6ccccc6c45)cc3)cccc2c1. The van der Waals surface area contributed by atoms with Crippen molar-refractivity contribution in [3.8, 4) is 11.1 Å². The van der Waals surface area contributed by atoms with Gasteiger partial charge in [-0.2, -0.15) is 0 Å². The summed E-state index contributed by atoms with van der Waals surface area (Å²) in [7, 11) is 0. The van der Waals surface area contributed by atoms with Gasteiger partial charge < -0.3 is 13.7 Å². The molecule has 11 aromatic rings. The molecule has 0 atom stereocenters. The van der Waals surface area contributed by atoms with Crippen molar-refractivity contribution in [2.75, 3.05) is 4.90 Å². The van der Waals surface area contributed by atoms with E-state index in [0.29, 0.717) is 0 Å². The lowest BCUT2D eigenvalue weighted by molar-refractivity contribution is 0.633. The van der Waals surface area contributed by atoms with Gasteiger partial charge in [-0.25, -0.2) is 0 Å². The number of para-hydroxylation sites is 2. The first kappa shape index (κ1) is 28.0. The fourth-order valence-electron chi connectivity index (χ4n) is 8.12. The first-order chi connectivity index (χ1) is 25.3. The average Bonchev–Trinajstić information content (AvgIpc) is 3.77. The summed E-state index contributed by atoms with van der Waals surface area (Å²) in [6.45, 7) is 0. The van der Waals surface area contributed by atoms with Crippen LogP contribution in [0.4, 0.5) is 17.1 Å². The van der Waals surface area contributed by atoms with Crippen molar-refractivity contribution in [3.05, 3.63) is 176 Å². The van der Waals surface area contributed by atoms with E-state index >= 15 is 0 Å². The molecule has 0 bridgehead atoms. The van der Waals surface area contributed by atoms with E-state index < -0.39 is 0 Å². The van der Waals surface area contributed by atoms with E-state index in [0.717, 1.165) is 60.9 Å². The van der Waals surface area contributed by atoms with Crippen molar-refractivity contribution in [2.24, 2.45) is 0 Å². The largest absolute Gasteiger partial charge is 0.452 e. The van der Waals surface area contributed by atoms with Gasteiger partial charge in [0.1, 0.15) is 11.2 Å². The smallest absolute Gasteiger partial charge is 0.180 e. The summed E-state index contributed by atoms with van der Waals surface area (Å²) >= 11 is 0. The van der Waals surface area contributed by atoms with Crippen molar-refractivity contribution in [2.45, 2.75) is 0 Å². The molecule has 0 aliphatic carbocycles. The molecular formula is C48H29NO2. The van der Waals surface area contributed by atoms with Gasteiger partial charge in [0.05, 0.1) is 16.8 Å². The van der Waals surface area contributed by atoms with Gasteiger partial charge in [0.2, 0.25) is 0 Å². The monoisotopic (exact) mass is 651 g/mol. The molecule has 3 heteroatoms. The normalized spacial score (nSPS) is 11.9. The average molecular weight is 652 g/mol. The lowest BCUT2D eigenvalue weighted by Gasteiger charge is -2.28. The van der Waals surface area contributed by atoms with Crippen LogP contribution in [0.5, 0.6) is 0 Å². The van der Waals surface area contributed by atoms with Gasteiger partial charge in [0, 0.05) is 27.2 Å². The number of nitrogens with zero attached hydrogens (tertiary/aromatic N) is 1. The number of rotatable bonds is 4. The third-order valence-electron chi connectivity index (χ3n) is 10.4. The molecule has 0 radical (unpaired) electrons. The molecule has 0 saturated carbocycles. The summed E-state index contributed by atoms with van der Waals surface area (Å²) in [6.07, 6.45) is 0. The zero-order chi connectivity index (χ0) is 33.5. The highest BCUT2D eigenvalue weighted by Gasteiger charge is 2.26. The molecule has 0 N–H and O–H groups in total. The van der Waals surface area contributed by atoms with E-state index in [1.165, 1.54) is 43.4 Å². The summed E-state index contributed by atoms with van der Waals surface area (Å²) in [5.41, 5.74) is 8.77. The topological polar surface area (TPSA) is 29.5 Å². The van der Waals surface area contributed by atoms with Gasteiger partial charge in [-0.05, 0) is 74.5 Å². The molecule has 238 valence electrons. The Balaban J connectivity index is 1.26. The number of fused-ring (bicyclic) bond motifs is 11. The zero-order valence-corrected chi connectivity index (χ0v) is 27.5. The Bertz CT molecular complexity index is 3140. The van der Waals surface area contributed by atoms with Crippen LogP contribution in [-0.4, -0.2) is 0 Å². The van der Waals surface area contributed by atoms with Crippen LogP contribution >= 0.6 is 0 Å². The molecule has 9 aromatic carbocycles. The first-order valence-corrected chi connectivity index (χ1v) is 17.3. The van der Waals surface area contributed by atoms with E-state index in [1.54, 1.807) is 0 Å². The Labute approximate surface area is 293 Å². The molecule has 0 saturated heterocycles. The predicted molar refractivity (Wildman–Crippen MR) is 214 cm³/mol. The maximum Gasteiger partial charge on any atom is 0.180 e. The maximum absolute atomic E-state index is 6.71.